The number of benzene rings is 1. The number of rotatable bonds is 7. The second kappa shape index (κ2) is 12.5. The van der Waals surface area contributed by atoms with Gasteiger partial charge in [-0.25, -0.2) is 4.99 Å². The van der Waals surface area contributed by atoms with Crippen LogP contribution in [0.2, 0.25) is 0 Å². The minimum atomic E-state index is 0. The molecule has 0 aliphatic carbocycles. The largest absolute Gasteiger partial charge is 0.496 e. The number of halogens is 1. The molecule has 9 heteroatoms. The van der Waals surface area contributed by atoms with E-state index in [1.54, 1.807) is 7.11 Å². The molecule has 1 atom stereocenters. The Kier molecular flexibility index (Phi) is 10.3. The van der Waals surface area contributed by atoms with E-state index in [9.17, 15) is 4.79 Å². The summed E-state index contributed by atoms with van der Waals surface area (Å²) in [4.78, 5) is 21.4. The van der Waals surface area contributed by atoms with Crippen molar-refractivity contribution in [3.63, 3.8) is 0 Å². The van der Waals surface area contributed by atoms with Crippen molar-refractivity contribution in [2.24, 2.45) is 4.99 Å². The van der Waals surface area contributed by atoms with E-state index in [2.05, 4.69) is 46.4 Å². The summed E-state index contributed by atoms with van der Waals surface area (Å²) >= 11 is 0. The quantitative estimate of drug-likeness (QED) is 0.303. The average Bonchev–Trinajstić information content (AvgIpc) is 3.09. The number of fused-ring (bicyclic) bond motifs is 1. The first kappa shape index (κ1) is 26.5. The summed E-state index contributed by atoms with van der Waals surface area (Å²) in [6.07, 6.45) is 1.12. The van der Waals surface area contributed by atoms with Crippen LogP contribution < -0.4 is 20.1 Å². The number of hydrogen-bond donors (Lipinski definition) is 2. The highest BCUT2D eigenvalue weighted by Crippen LogP contribution is 2.35. The first-order chi connectivity index (χ1) is 14.9. The Balaban J connectivity index is 0.00000363. The van der Waals surface area contributed by atoms with Crippen molar-refractivity contribution in [2.75, 3.05) is 46.4 Å². The van der Waals surface area contributed by atoms with Crippen molar-refractivity contribution in [1.29, 1.82) is 0 Å². The molecule has 1 fully saturated rings. The highest BCUT2D eigenvalue weighted by molar-refractivity contribution is 14.0. The van der Waals surface area contributed by atoms with Gasteiger partial charge in [0, 0.05) is 56.3 Å². The van der Waals surface area contributed by atoms with E-state index in [4.69, 9.17) is 14.5 Å². The van der Waals surface area contributed by atoms with Gasteiger partial charge in [-0.2, -0.15) is 0 Å². The molecular weight excluding hydrogens is 521 g/mol. The van der Waals surface area contributed by atoms with Crippen LogP contribution in [0.1, 0.15) is 38.8 Å². The van der Waals surface area contributed by atoms with Gasteiger partial charge in [-0.3, -0.25) is 9.69 Å². The van der Waals surface area contributed by atoms with Crippen molar-refractivity contribution in [1.82, 2.24) is 20.4 Å². The number of carbonyl (C=O) groups is 1. The van der Waals surface area contributed by atoms with Crippen LogP contribution in [-0.2, 0) is 17.8 Å². The Hall–Kier alpha value is -1.75. The molecule has 0 aromatic heterocycles. The molecule has 1 amide bonds. The first-order valence-corrected chi connectivity index (χ1v) is 11.3. The summed E-state index contributed by atoms with van der Waals surface area (Å²) in [5, 5.41) is 6.37. The molecule has 32 heavy (non-hydrogen) atoms. The lowest BCUT2D eigenvalue weighted by atomic mass is 10.1. The maximum absolute atomic E-state index is 12.0. The molecule has 0 saturated carbocycles. The smallest absolute Gasteiger partial charge is 0.234 e. The monoisotopic (exact) mass is 559 g/mol. The molecule has 1 aromatic rings. The molecule has 1 aromatic carbocycles. The van der Waals surface area contributed by atoms with E-state index >= 15 is 0 Å². The number of nitrogens with zero attached hydrogens (tertiary/aromatic N) is 3. The molecule has 2 heterocycles. The predicted molar refractivity (Wildman–Crippen MR) is 138 cm³/mol. The van der Waals surface area contributed by atoms with Crippen molar-refractivity contribution >= 4 is 35.8 Å². The number of hydrogen-bond acceptors (Lipinski definition) is 5. The molecular formula is C23H38IN5O3. The van der Waals surface area contributed by atoms with Crippen LogP contribution in [-0.4, -0.2) is 80.2 Å². The fourth-order valence-electron chi connectivity index (χ4n) is 4.07. The SMILES string of the molecule is CCNC(=NCc1cc2c(cc1OC)CC(C)O2)N1CCN(CC(=O)NC(C)C)CC1.I. The van der Waals surface area contributed by atoms with E-state index in [0.29, 0.717) is 13.1 Å². The summed E-state index contributed by atoms with van der Waals surface area (Å²) in [6, 6.07) is 4.32. The highest BCUT2D eigenvalue weighted by Gasteiger charge is 2.23. The minimum Gasteiger partial charge on any atom is -0.496 e. The number of carbonyl (C=O) groups excluding carboxylic acids is 1. The van der Waals surface area contributed by atoms with Crippen molar-refractivity contribution < 1.29 is 14.3 Å². The molecule has 1 unspecified atom stereocenters. The summed E-state index contributed by atoms with van der Waals surface area (Å²) in [5.74, 6) is 2.78. The van der Waals surface area contributed by atoms with Crippen LogP contribution in [0.5, 0.6) is 11.5 Å². The number of aliphatic imine (C=N–C) groups is 1. The van der Waals surface area contributed by atoms with Gasteiger partial charge in [0.1, 0.15) is 17.6 Å². The maximum atomic E-state index is 12.0. The number of amides is 1. The maximum Gasteiger partial charge on any atom is 0.234 e. The molecule has 8 nitrogen and oxygen atoms in total. The standard InChI is InChI=1S/C23H37N5O3.HI/c1-6-24-23(28-9-7-27(8-10-28)15-22(29)26-16(2)3)25-14-19-13-21-18(11-17(4)31-21)12-20(19)30-5;/h12-13,16-17H,6-11,14-15H2,1-5H3,(H,24,25)(H,26,29);1H. The molecule has 1 saturated heterocycles. The van der Waals surface area contributed by atoms with Crippen LogP contribution in [0.25, 0.3) is 0 Å². The van der Waals surface area contributed by atoms with Gasteiger partial charge in [-0.05, 0) is 39.8 Å². The number of guanidine groups is 1. The van der Waals surface area contributed by atoms with Crippen LogP contribution in [0, 0.1) is 0 Å². The molecule has 0 radical (unpaired) electrons. The molecule has 0 spiro atoms. The first-order valence-electron chi connectivity index (χ1n) is 11.3. The number of ether oxygens (including phenoxy) is 2. The minimum absolute atomic E-state index is 0. The van der Waals surface area contributed by atoms with Gasteiger partial charge < -0.3 is 25.0 Å². The summed E-state index contributed by atoms with van der Waals surface area (Å²) in [7, 11) is 1.70. The van der Waals surface area contributed by atoms with Crippen molar-refractivity contribution in [3.05, 3.63) is 23.3 Å². The normalized spacial score (nSPS) is 18.6. The van der Waals surface area contributed by atoms with E-state index in [0.717, 1.165) is 62.2 Å². The molecule has 3 rings (SSSR count). The number of piperazine rings is 1. The van der Waals surface area contributed by atoms with Gasteiger partial charge in [0.2, 0.25) is 5.91 Å². The summed E-state index contributed by atoms with van der Waals surface area (Å²) in [6.45, 7) is 13.2. The number of nitrogens with one attached hydrogen (secondary N) is 2. The number of methoxy groups -OCH3 is 1. The van der Waals surface area contributed by atoms with E-state index in [-0.39, 0.29) is 42.0 Å². The highest BCUT2D eigenvalue weighted by atomic mass is 127. The molecule has 2 aliphatic rings. The Bertz CT molecular complexity index is 794. The zero-order chi connectivity index (χ0) is 22.4. The van der Waals surface area contributed by atoms with Crippen LogP contribution in [0.4, 0.5) is 0 Å². The summed E-state index contributed by atoms with van der Waals surface area (Å²) < 4.78 is 11.5. The van der Waals surface area contributed by atoms with Crippen molar-refractivity contribution in [3.8, 4) is 11.5 Å². The predicted octanol–water partition coefficient (Wildman–Crippen LogP) is 2.24. The van der Waals surface area contributed by atoms with Crippen LogP contribution in [0.3, 0.4) is 0 Å². The van der Waals surface area contributed by atoms with E-state index < -0.39 is 0 Å². The fourth-order valence-corrected chi connectivity index (χ4v) is 4.07. The second-order valence-electron chi connectivity index (χ2n) is 8.56. The van der Waals surface area contributed by atoms with Gasteiger partial charge in [0.25, 0.3) is 0 Å². The zero-order valence-electron chi connectivity index (χ0n) is 19.9. The van der Waals surface area contributed by atoms with Gasteiger partial charge in [-0.1, -0.05) is 0 Å². The second-order valence-corrected chi connectivity index (χ2v) is 8.56. The van der Waals surface area contributed by atoms with E-state index in [1.807, 2.05) is 13.8 Å². The Labute approximate surface area is 209 Å². The van der Waals surface area contributed by atoms with Gasteiger partial charge >= 0.3 is 0 Å². The van der Waals surface area contributed by atoms with Gasteiger partial charge in [0.05, 0.1) is 20.2 Å². The molecule has 2 N–H and O–H groups in total. The lowest BCUT2D eigenvalue weighted by molar-refractivity contribution is -0.123. The van der Waals surface area contributed by atoms with Crippen molar-refractivity contribution in [2.45, 2.75) is 52.8 Å². The van der Waals surface area contributed by atoms with Crippen LogP contribution in [0.15, 0.2) is 17.1 Å². The Morgan fingerprint density at radius 2 is 2.00 bits per heavy atom. The molecule has 0 bridgehead atoms. The van der Waals surface area contributed by atoms with Gasteiger partial charge in [-0.15, -0.1) is 24.0 Å². The average molecular weight is 559 g/mol. The topological polar surface area (TPSA) is 78.4 Å². The Morgan fingerprint density at radius 1 is 1.28 bits per heavy atom. The van der Waals surface area contributed by atoms with Gasteiger partial charge in [0.15, 0.2) is 5.96 Å². The third-order valence-electron chi connectivity index (χ3n) is 5.52. The third-order valence-corrected chi connectivity index (χ3v) is 5.52. The fraction of sp³-hybridized carbons (Fsp3) is 0.652. The molecule has 180 valence electrons. The third kappa shape index (κ3) is 7.13. The lowest BCUT2D eigenvalue weighted by Crippen LogP contribution is -2.54. The lowest BCUT2D eigenvalue weighted by Gasteiger charge is -2.36. The Morgan fingerprint density at radius 3 is 2.62 bits per heavy atom. The van der Waals surface area contributed by atoms with E-state index in [1.165, 1.54) is 5.56 Å². The molecule has 2 aliphatic heterocycles. The summed E-state index contributed by atoms with van der Waals surface area (Å²) in [5.41, 5.74) is 2.22. The van der Waals surface area contributed by atoms with Crippen LogP contribution >= 0.6 is 24.0 Å². The zero-order valence-corrected chi connectivity index (χ0v) is 22.3.